The Labute approximate surface area is 159 Å². The molecule has 0 radical (unpaired) electrons. The number of carbonyl (C=O) groups is 2. The van der Waals surface area contributed by atoms with Crippen molar-refractivity contribution in [3.8, 4) is 0 Å². The smallest absolute Gasteiger partial charge is 0.269 e. The van der Waals surface area contributed by atoms with Gasteiger partial charge in [-0.15, -0.1) is 0 Å². The molecule has 6 nitrogen and oxygen atoms in total. The van der Waals surface area contributed by atoms with Crippen molar-refractivity contribution in [2.75, 3.05) is 6.54 Å². The fraction of sp³-hybridized carbons (Fsp3) is 0.300. The van der Waals surface area contributed by atoms with Crippen molar-refractivity contribution in [1.82, 2.24) is 9.62 Å². The summed E-state index contributed by atoms with van der Waals surface area (Å²) in [6, 6.07) is 9.75. The van der Waals surface area contributed by atoms with Crippen LogP contribution in [0, 0.1) is 20.8 Å². The second-order valence-corrected chi connectivity index (χ2v) is 8.73. The summed E-state index contributed by atoms with van der Waals surface area (Å²) in [5.41, 5.74) is 4.39. The maximum Gasteiger partial charge on any atom is 0.269 e. The summed E-state index contributed by atoms with van der Waals surface area (Å²) >= 11 is 0. The van der Waals surface area contributed by atoms with Crippen molar-refractivity contribution in [2.24, 2.45) is 0 Å². The van der Waals surface area contributed by atoms with Gasteiger partial charge in [0.1, 0.15) is 11.4 Å². The van der Waals surface area contributed by atoms with E-state index in [4.69, 9.17) is 0 Å². The molecule has 1 aliphatic heterocycles. The first-order chi connectivity index (χ1) is 12.6. The highest BCUT2D eigenvalue weighted by atomic mass is 32.2. The molecule has 1 heterocycles. The van der Waals surface area contributed by atoms with Crippen molar-refractivity contribution >= 4 is 21.8 Å². The Balaban J connectivity index is 1.77. The van der Waals surface area contributed by atoms with Gasteiger partial charge in [-0.1, -0.05) is 24.3 Å². The number of rotatable bonds is 4. The van der Waals surface area contributed by atoms with Crippen LogP contribution in [0.4, 0.5) is 0 Å². The van der Waals surface area contributed by atoms with Crippen LogP contribution in [-0.4, -0.2) is 31.1 Å². The number of hydrogen-bond donors (Lipinski definition) is 1. The second kappa shape index (κ2) is 6.81. The van der Waals surface area contributed by atoms with E-state index in [2.05, 4.69) is 11.4 Å². The molecule has 0 spiro atoms. The third-order valence-electron chi connectivity index (χ3n) is 4.93. The molecule has 27 heavy (non-hydrogen) atoms. The van der Waals surface area contributed by atoms with E-state index in [9.17, 15) is 18.0 Å². The van der Waals surface area contributed by atoms with Crippen LogP contribution >= 0.6 is 0 Å². The Kier molecular flexibility index (Phi) is 4.82. The van der Waals surface area contributed by atoms with Gasteiger partial charge >= 0.3 is 0 Å². The number of benzene rings is 2. The molecule has 0 aliphatic carbocycles. The lowest BCUT2D eigenvalue weighted by Crippen LogP contribution is -2.41. The Bertz CT molecular complexity index is 1040. The second-order valence-electron chi connectivity index (χ2n) is 6.90. The SMILES string of the molecule is Cc1cc(C)c([C@H](C)NC(=O)CN2C(=O)c3ccccc3S2(=O)=O)cc1C. The lowest BCUT2D eigenvalue weighted by molar-refractivity contribution is -0.121. The molecular formula is C20H22N2O4S. The molecule has 2 aromatic rings. The first-order valence-electron chi connectivity index (χ1n) is 8.66. The Hall–Kier alpha value is -2.67. The molecule has 0 saturated heterocycles. The molecule has 1 aliphatic rings. The number of sulfonamides is 1. The highest BCUT2D eigenvalue weighted by molar-refractivity contribution is 7.90. The van der Waals surface area contributed by atoms with Gasteiger partial charge in [-0.25, -0.2) is 12.7 Å². The van der Waals surface area contributed by atoms with Crippen molar-refractivity contribution in [2.45, 2.75) is 38.6 Å². The summed E-state index contributed by atoms with van der Waals surface area (Å²) in [7, 11) is -3.99. The maximum absolute atomic E-state index is 12.5. The molecule has 0 aromatic heterocycles. The van der Waals surface area contributed by atoms with E-state index >= 15 is 0 Å². The average Bonchev–Trinajstić information content (AvgIpc) is 2.79. The number of fused-ring (bicyclic) bond motifs is 1. The molecule has 0 fully saturated rings. The van der Waals surface area contributed by atoms with Gasteiger partial charge in [0.15, 0.2) is 0 Å². The van der Waals surface area contributed by atoms with Gasteiger partial charge in [0.25, 0.3) is 15.9 Å². The zero-order valence-electron chi connectivity index (χ0n) is 15.7. The van der Waals surface area contributed by atoms with E-state index < -0.39 is 28.4 Å². The lowest BCUT2D eigenvalue weighted by Gasteiger charge is -2.20. The summed E-state index contributed by atoms with van der Waals surface area (Å²) in [5.74, 6) is -1.19. The van der Waals surface area contributed by atoms with Crippen LogP contribution in [0.2, 0.25) is 0 Å². The van der Waals surface area contributed by atoms with Gasteiger partial charge in [-0.3, -0.25) is 9.59 Å². The van der Waals surface area contributed by atoms with Crippen LogP contribution in [0.5, 0.6) is 0 Å². The normalized spacial score (nSPS) is 16.1. The minimum absolute atomic E-state index is 0.0548. The molecule has 0 saturated carbocycles. The molecular weight excluding hydrogens is 364 g/mol. The highest BCUT2D eigenvalue weighted by Crippen LogP contribution is 2.29. The first kappa shape index (κ1) is 19.1. The lowest BCUT2D eigenvalue weighted by atomic mass is 9.96. The van der Waals surface area contributed by atoms with Gasteiger partial charge in [0.2, 0.25) is 5.91 Å². The van der Waals surface area contributed by atoms with Gasteiger partial charge in [-0.05, 0) is 62.1 Å². The van der Waals surface area contributed by atoms with Crippen molar-refractivity contribution < 1.29 is 18.0 Å². The molecule has 0 unspecified atom stereocenters. The van der Waals surface area contributed by atoms with Crippen molar-refractivity contribution in [3.05, 3.63) is 64.2 Å². The fourth-order valence-corrected chi connectivity index (χ4v) is 4.86. The Morgan fingerprint density at radius 3 is 2.37 bits per heavy atom. The summed E-state index contributed by atoms with van der Waals surface area (Å²) in [6.07, 6.45) is 0. The predicted molar refractivity (Wildman–Crippen MR) is 102 cm³/mol. The number of amides is 2. The number of carbonyl (C=O) groups excluding carboxylic acids is 2. The topological polar surface area (TPSA) is 83.6 Å². The summed E-state index contributed by atoms with van der Waals surface area (Å²) in [4.78, 5) is 24.8. The molecule has 7 heteroatoms. The van der Waals surface area contributed by atoms with Crippen LogP contribution in [0.3, 0.4) is 0 Å². The minimum atomic E-state index is -3.99. The maximum atomic E-state index is 12.5. The summed E-state index contributed by atoms with van der Waals surface area (Å²) in [5, 5.41) is 2.80. The molecule has 2 amide bonds. The molecule has 0 bridgehead atoms. The fourth-order valence-electron chi connectivity index (χ4n) is 3.33. The summed E-state index contributed by atoms with van der Waals surface area (Å²) < 4.78 is 25.7. The van der Waals surface area contributed by atoms with E-state index in [-0.39, 0.29) is 16.5 Å². The largest absolute Gasteiger partial charge is 0.348 e. The third-order valence-corrected chi connectivity index (χ3v) is 6.71. The van der Waals surface area contributed by atoms with Crippen molar-refractivity contribution in [3.63, 3.8) is 0 Å². The van der Waals surface area contributed by atoms with Gasteiger partial charge in [0.05, 0.1) is 11.6 Å². The molecule has 1 N–H and O–H groups in total. The minimum Gasteiger partial charge on any atom is -0.348 e. The quantitative estimate of drug-likeness (QED) is 0.876. The predicted octanol–water partition coefficient (Wildman–Crippen LogP) is 2.63. The standard InChI is InChI=1S/C20H22N2O4S/c1-12-9-14(3)17(10-13(12)2)15(4)21-19(23)11-22-20(24)16-7-5-6-8-18(16)27(22,25)26/h5-10,15H,11H2,1-4H3,(H,21,23)/t15-/m0/s1. The zero-order chi connectivity index (χ0) is 19.9. The van der Waals surface area contributed by atoms with Crippen LogP contribution in [0.15, 0.2) is 41.3 Å². The Morgan fingerprint density at radius 2 is 1.70 bits per heavy atom. The molecule has 1 atom stereocenters. The first-order valence-corrected chi connectivity index (χ1v) is 10.1. The van der Waals surface area contributed by atoms with Gasteiger partial charge in [0, 0.05) is 0 Å². The van der Waals surface area contributed by atoms with Crippen LogP contribution in [-0.2, 0) is 14.8 Å². The number of hydrogen-bond acceptors (Lipinski definition) is 4. The number of nitrogens with one attached hydrogen (secondary N) is 1. The van der Waals surface area contributed by atoms with Crippen LogP contribution < -0.4 is 5.32 Å². The zero-order valence-corrected chi connectivity index (χ0v) is 16.6. The van der Waals surface area contributed by atoms with Gasteiger partial charge in [-0.2, -0.15) is 0 Å². The monoisotopic (exact) mass is 386 g/mol. The van der Waals surface area contributed by atoms with Crippen LogP contribution in [0.1, 0.15) is 45.6 Å². The van der Waals surface area contributed by atoms with E-state index in [0.29, 0.717) is 4.31 Å². The van der Waals surface area contributed by atoms with E-state index in [1.165, 1.54) is 17.7 Å². The summed E-state index contributed by atoms with van der Waals surface area (Å²) in [6.45, 7) is 7.29. The highest BCUT2D eigenvalue weighted by Gasteiger charge is 2.41. The molecule has 2 aromatic carbocycles. The number of aryl methyl sites for hydroxylation is 3. The van der Waals surface area contributed by atoms with Crippen molar-refractivity contribution in [1.29, 1.82) is 0 Å². The number of nitrogens with zero attached hydrogens (tertiary/aromatic N) is 1. The van der Waals surface area contributed by atoms with Gasteiger partial charge < -0.3 is 5.32 Å². The van der Waals surface area contributed by atoms with Crippen LogP contribution in [0.25, 0.3) is 0 Å². The van der Waals surface area contributed by atoms with E-state index in [1.807, 2.05) is 33.8 Å². The third kappa shape index (κ3) is 3.35. The van der Waals surface area contributed by atoms with E-state index in [1.54, 1.807) is 12.1 Å². The Morgan fingerprint density at radius 1 is 1.07 bits per heavy atom. The van der Waals surface area contributed by atoms with E-state index in [0.717, 1.165) is 16.7 Å². The average molecular weight is 386 g/mol. The molecule has 142 valence electrons. The molecule has 3 rings (SSSR count).